The zero-order chi connectivity index (χ0) is 20.4. The van der Waals surface area contributed by atoms with Gasteiger partial charge in [-0.2, -0.15) is 0 Å². The molecule has 0 nitrogen and oxygen atoms in total. The van der Waals surface area contributed by atoms with Crippen LogP contribution in [0.2, 0.25) is 0 Å². The Morgan fingerprint density at radius 1 is 0.367 bits per heavy atom. The van der Waals surface area contributed by atoms with Crippen LogP contribution in [-0.2, 0) is 0 Å². The number of rotatable bonds is 6. The fourth-order valence-corrected chi connectivity index (χ4v) is 3.17. The molecule has 0 aliphatic heterocycles. The SMILES string of the molecule is [c]1c(C=Cc2ccccc2)cc(C=Cc2ccccc2)cc1C=Cc1ccccc1. The predicted molar refractivity (Wildman–Crippen MR) is 131 cm³/mol. The normalized spacial score (nSPS) is 11.6. The Hall–Kier alpha value is -3.90. The molecule has 0 N–H and O–H groups in total. The number of hydrogen-bond donors (Lipinski definition) is 0. The summed E-state index contributed by atoms with van der Waals surface area (Å²) in [4.78, 5) is 0. The standard InChI is InChI=1S/C30H23/c1-4-10-25(11-5-1)16-19-28-22-29(20-17-26-12-6-2-7-13-26)24-30(23-28)21-18-27-14-8-3-9-15-27/h1-23H. The summed E-state index contributed by atoms with van der Waals surface area (Å²) >= 11 is 0. The minimum atomic E-state index is 1.06. The first-order chi connectivity index (χ1) is 14.8. The Morgan fingerprint density at radius 2 is 0.700 bits per heavy atom. The first kappa shape index (κ1) is 19.4. The van der Waals surface area contributed by atoms with E-state index in [9.17, 15) is 0 Å². The van der Waals surface area contributed by atoms with Gasteiger partial charge in [-0.15, -0.1) is 0 Å². The molecule has 0 amide bonds. The maximum absolute atomic E-state index is 3.52. The van der Waals surface area contributed by atoms with Crippen LogP contribution in [0.15, 0.2) is 103 Å². The van der Waals surface area contributed by atoms with Crippen LogP contribution in [0.1, 0.15) is 33.4 Å². The van der Waals surface area contributed by atoms with Crippen molar-refractivity contribution < 1.29 is 0 Å². The summed E-state index contributed by atoms with van der Waals surface area (Å²) in [5.41, 5.74) is 6.81. The summed E-state index contributed by atoms with van der Waals surface area (Å²) in [5, 5.41) is 0. The summed E-state index contributed by atoms with van der Waals surface area (Å²) < 4.78 is 0. The smallest absolute Gasteiger partial charge is 0.00264 e. The third kappa shape index (κ3) is 5.80. The van der Waals surface area contributed by atoms with Gasteiger partial charge in [0.05, 0.1) is 0 Å². The second-order valence-electron chi connectivity index (χ2n) is 7.06. The maximum atomic E-state index is 3.52. The average molecular weight is 384 g/mol. The molecule has 1 radical (unpaired) electrons. The summed E-state index contributed by atoms with van der Waals surface area (Å²) in [6, 6.07) is 38.9. The van der Waals surface area contributed by atoms with Crippen LogP contribution in [-0.4, -0.2) is 0 Å². The van der Waals surface area contributed by atoms with Crippen molar-refractivity contribution in [2.45, 2.75) is 0 Å². The highest BCUT2D eigenvalue weighted by atomic mass is 14.0. The van der Waals surface area contributed by atoms with Gasteiger partial charge >= 0.3 is 0 Å². The van der Waals surface area contributed by atoms with E-state index in [-0.39, 0.29) is 0 Å². The van der Waals surface area contributed by atoms with Crippen molar-refractivity contribution in [2.24, 2.45) is 0 Å². The third-order valence-electron chi connectivity index (χ3n) is 4.71. The van der Waals surface area contributed by atoms with E-state index in [1.54, 1.807) is 0 Å². The summed E-state index contributed by atoms with van der Waals surface area (Å²) in [5.74, 6) is 0. The van der Waals surface area contributed by atoms with Gasteiger partial charge in [-0.1, -0.05) is 127 Å². The van der Waals surface area contributed by atoms with E-state index in [1.807, 2.05) is 18.2 Å². The second-order valence-corrected chi connectivity index (χ2v) is 7.06. The lowest BCUT2D eigenvalue weighted by molar-refractivity contribution is 1.57. The fraction of sp³-hybridized carbons (Fsp3) is 0. The van der Waals surface area contributed by atoms with E-state index in [1.165, 1.54) is 16.7 Å². The highest BCUT2D eigenvalue weighted by molar-refractivity contribution is 5.78. The minimum Gasteiger partial charge on any atom is -0.0622 e. The molecule has 4 rings (SSSR count). The van der Waals surface area contributed by atoms with E-state index in [0.29, 0.717) is 0 Å². The second kappa shape index (κ2) is 10.0. The van der Waals surface area contributed by atoms with Crippen LogP contribution < -0.4 is 0 Å². The zero-order valence-electron chi connectivity index (χ0n) is 16.8. The molecule has 0 heterocycles. The van der Waals surface area contributed by atoms with Crippen LogP contribution in [0.25, 0.3) is 36.5 Å². The van der Waals surface area contributed by atoms with Gasteiger partial charge in [0, 0.05) is 0 Å². The van der Waals surface area contributed by atoms with E-state index in [4.69, 9.17) is 0 Å². The molecule has 30 heavy (non-hydrogen) atoms. The average Bonchev–Trinajstić information content (AvgIpc) is 2.82. The van der Waals surface area contributed by atoms with E-state index >= 15 is 0 Å². The van der Waals surface area contributed by atoms with E-state index < -0.39 is 0 Å². The number of hydrogen-bond acceptors (Lipinski definition) is 0. The summed E-state index contributed by atoms with van der Waals surface area (Å²) in [6.07, 6.45) is 12.8. The molecule has 0 heteroatoms. The van der Waals surface area contributed by atoms with Crippen LogP contribution in [0.3, 0.4) is 0 Å². The van der Waals surface area contributed by atoms with Gasteiger partial charge in [0.1, 0.15) is 0 Å². The topological polar surface area (TPSA) is 0 Å². The van der Waals surface area contributed by atoms with Gasteiger partial charge in [0.15, 0.2) is 0 Å². The van der Waals surface area contributed by atoms with Crippen molar-refractivity contribution in [1.82, 2.24) is 0 Å². The monoisotopic (exact) mass is 383 g/mol. The lowest BCUT2D eigenvalue weighted by atomic mass is 10.0. The molecule has 0 fully saturated rings. The van der Waals surface area contributed by atoms with E-state index in [2.05, 4.69) is 127 Å². The van der Waals surface area contributed by atoms with Crippen molar-refractivity contribution >= 4 is 36.5 Å². The van der Waals surface area contributed by atoms with Crippen LogP contribution in [0, 0.1) is 6.07 Å². The van der Waals surface area contributed by atoms with Crippen LogP contribution in [0.4, 0.5) is 0 Å². The maximum Gasteiger partial charge on any atom is -0.00264 e. The first-order valence-electron chi connectivity index (χ1n) is 10.1. The number of benzene rings is 4. The van der Waals surface area contributed by atoms with Gasteiger partial charge in [-0.3, -0.25) is 0 Å². The lowest BCUT2D eigenvalue weighted by Crippen LogP contribution is -1.83. The Labute approximate surface area is 179 Å². The first-order valence-corrected chi connectivity index (χ1v) is 10.1. The Morgan fingerprint density at radius 3 is 1.10 bits per heavy atom. The molecule has 0 aliphatic rings. The van der Waals surface area contributed by atoms with Crippen molar-refractivity contribution in [3.63, 3.8) is 0 Å². The third-order valence-corrected chi connectivity index (χ3v) is 4.71. The lowest BCUT2D eigenvalue weighted by Gasteiger charge is -2.02. The Balaban J connectivity index is 1.65. The van der Waals surface area contributed by atoms with Crippen molar-refractivity contribution in [3.8, 4) is 0 Å². The van der Waals surface area contributed by atoms with Crippen LogP contribution in [0.5, 0.6) is 0 Å². The molecule has 4 aromatic rings. The molecule has 4 aromatic carbocycles. The van der Waals surface area contributed by atoms with Gasteiger partial charge in [0.25, 0.3) is 0 Å². The largest absolute Gasteiger partial charge is 0.0622 e. The van der Waals surface area contributed by atoms with E-state index in [0.717, 1.165) is 16.7 Å². The Bertz CT molecular complexity index is 985. The van der Waals surface area contributed by atoms with Crippen molar-refractivity contribution in [2.75, 3.05) is 0 Å². The summed E-state index contributed by atoms with van der Waals surface area (Å²) in [6.45, 7) is 0. The minimum absolute atomic E-state index is 1.06. The molecular formula is C30H23. The molecule has 0 unspecified atom stereocenters. The highest BCUT2D eigenvalue weighted by Crippen LogP contribution is 2.18. The molecular weight excluding hydrogens is 360 g/mol. The van der Waals surface area contributed by atoms with Crippen molar-refractivity contribution in [3.05, 3.63) is 143 Å². The molecule has 0 bridgehead atoms. The molecule has 0 aromatic heterocycles. The zero-order valence-corrected chi connectivity index (χ0v) is 16.8. The van der Waals surface area contributed by atoms with Gasteiger partial charge < -0.3 is 0 Å². The van der Waals surface area contributed by atoms with Gasteiger partial charge in [0.2, 0.25) is 0 Å². The predicted octanol–water partition coefficient (Wildman–Crippen LogP) is 8.00. The summed E-state index contributed by atoms with van der Waals surface area (Å²) in [7, 11) is 0. The van der Waals surface area contributed by atoms with Gasteiger partial charge in [-0.25, -0.2) is 0 Å². The fourth-order valence-electron chi connectivity index (χ4n) is 3.17. The quantitative estimate of drug-likeness (QED) is 0.296. The van der Waals surface area contributed by atoms with Crippen LogP contribution >= 0.6 is 0 Å². The van der Waals surface area contributed by atoms with Gasteiger partial charge in [-0.05, 0) is 51.6 Å². The molecule has 0 aliphatic carbocycles. The Kier molecular flexibility index (Phi) is 6.50. The molecule has 143 valence electrons. The molecule has 0 saturated carbocycles. The highest BCUT2D eigenvalue weighted by Gasteiger charge is 1.98. The molecule has 0 saturated heterocycles. The molecule has 0 spiro atoms. The van der Waals surface area contributed by atoms with Crippen molar-refractivity contribution in [1.29, 1.82) is 0 Å². The molecule has 0 atom stereocenters.